The van der Waals surface area contributed by atoms with Crippen LogP contribution in [0.1, 0.15) is 38.2 Å². The molecule has 3 N–H and O–H groups in total. The van der Waals surface area contributed by atoms with E-state index in [0.717, 1.165) is 49.8 Å². The minimum atomic E-state index is -1.06. The van der Waals surface area contributed by atoms with Crippen molar-refractivity contribution in [1.82, 2.24) is 10.3 Å². The van der Waals surface area contributed by atoms with Gasteiger partial charge >= 0.3 is 5.97 Å². The molecule has 0 aliphatic rings. The Kier molecular flexibility index (Phi) is 8.43. The molecule has 1 unspecified atom stereocenters. The molecule has 7 nitrogen and oxygen atoms in total. The lowest BCUT2D eigenvalue weighted by Crippen LogP contribution is -2.42. The summed E-state index contributed by atoms with van der Waals surface area (Å²) in [7, 11) is 1.63. The highest BCUT2D eigenvalue weighted by Gasteiger charge is 2.23. The van der Waals surface area contributed by atoms with Crippen molar-refractivity contribution in [2.75, 3.05) is 12.4 Å². The summed E-state index contributed by atoms with van der Waals surface area (Å²) in [5.41, 5.74) is 6.27. The Morgan fingerprint density at radius 1 is 1.00 bits per heavy atom. The summed E-state index contributed by atoms with van der Waals surface area (Å²) in [6.45, 7) is 6.34. The Bertz CT molecular complexity index is 1420. The van der Waals surface area contributed by atoms with Crippen LogP contribution in [-0.4, -0.2) is 35.1 Å². The van der Waals surface area contributed by atoms with Crippen molar-refractivity contribution < 1.29 is 19.4 Å². The summed E-state index contributed by atoms with van der Waals surface area (Å²) in [6, 6.07) is 16.4. The van der Waals surface area contributed by atoms with E-state index in [-0.39, 0.29) is 12.3 Å². The number of hydrogen-bond donors (Lipinski definition) is 3. The standard InChI is InChI=1S/C30H31N3O4S/c1-18-11-19(2)28(20(3)12-18)29(34)33-25(30(35)36)13-21-5-7-23(8-6-21)26-14-22(17-38-26)16-32-27-15-24(37-4)9-10-31-27/h5-12,14-15,17,25H,13,16H2,1-4H3,(H,31,32)(H,33,34)(H,35,36). The summed E-state index contributed by atoms with van der Waals surface area (Å²) >= 11 is 1.64. The Morgan fingerprint density at radius 2 is 1.71 bits per heavy atom. The number of nitrogens with one attached hydrogen (secondary N) is 2. The molecule has 8 heteroatoms. The van der Waals surface area contributed by atoms with E-state index in [4.69, 9.17) is 4.74 Å². The predicted octanol–water partition coefficient (Wildman–Crippen LogP) is 5.78. The molecule has 0 saturated heterocycles. The molecule has 4 aromatic rings. The van der Waals surface area contributed by atoms with Gasteiger partial charge in [-0.1, -0.05) is 42.0 Å². The molecule has 0 fully saturated rings. The highest BCUT2D eigenvalue weighted by molar-refractivity contribution is 7.13. The van der Waals surface area contributed by atoms with E-state index in [1.807, 2.05) is 63.2 Å². The lowest BCUT2D eigenvalue weighted by atomic mass is 9.98. The summed E-state index contributed by atoms with van der Waals surface area (Å²) in [4.78, 5) is 30.3. The molecule has 4 rings (SSSR count). The minimum Gasteiger partial charge on any atom is -0.497 e. The number of methoxy groups -OCH3 is 1. The van der Waals surface area contributed by atoms with Gasteiger partial charge in [0.15, 0.2) is 0 Å². The van der Waals surface area contributed by atoms with Crippen LogP contribution in [0.2, 0.25) is 0 Å². The molecule has 0 radical (unpaired) electrons. The van der Waals surface area contributed by atoms with Crippen LogP contribution in [0.15, 0.2) is 66.2 Å². The topological polar surface area (TPSA) is 101 Å². The highest BCUT2D eigenvalue weighted by Crippen LogP contribution is 2.28. The van der Waals surface area contributed by atoms with Crippen LogP contribution >= 0.6 is 11.3 Å². The Hall–Kier alpha value is -4.17. The van der Waals surface area contributed by atoms with E-state index in [1.165, 1.54) is 0 Å². The Morgan fingerprint density at radius 3 is 2.37 bits per heavy atom. The molecule has 196 valence electrons. The molecule has 0 saturated carbocycles. The normalized spacial score (nSPS) is 11.6. The summed E-state index contributed by atoms with van der Waals surface area (Å²) in [6.07, 6.45) is 1.89. The predicted molar refractivity (Wildman–Crippen MR) is 151 cm³/mol. The van der Waals surface area contributed by atoms with E-state index in [0.29, 0.717) is 12.1 Å². The number of aromatic nitrogens is 1. The van der Waals surface area contributed by atoms with Gasteiger partial charge in [0, 0.05) is 35.7 Å². The Balaban J connectivity index is 1.39. The first-order valence-electron chi connectivity index (χ1n) is 12.3. The number of amides is 1. The molecular weight excluding hydrogens is 498 g/mol. The van der Waals surface area contributed by atoms with E-state index in [2.05, 4.69) is 27.1 Å². The van der Waals surface area contributed by atoms with Crippen molar-refractivity contribution in [3.8, 4) is 16.2 Å². The minimum absolute atomic E-state index is 0.193. The zero-order valence-electron chi connectivity index (χ0n) is 21.9. The third kappa shape index (κ3) is 6.58. The average molecular weight is 530 g/mol. The maximum Gasteiger partial charge on any atom is 0.326 e. The summed E-state index contributed by atoms with van der Waals surface area (Å²) in [5.74, 6) is 0.0616. The van der Waals surface area contributed by atoms with Crippen LogP contribution in [0, 0.1) is 20.8 Å². The number of carbonyl (C=O) groups excluding carboxylic acids is 1. The van der Waals surface area contributed by atoms with Crippen molar-refractivity contribution >= 4 is 29.0 Å². The number of nitrogens with zero attached hydrogens (tertiary/aromatic N) is 1. The zero-order chi connectivity index (χ0) is 27.2. The van der Waals surface area contributed by atoms with Crippen molar-refractivity contribution in [2.24, 2.45) is 0 Å². The summed E-state index contributed by atoms with van der Waals surface area (Å²) in [5, 5.41) is 17.9. The van der Waals surface area contributed by atoms with Gasteiger partial charge in [0.2, 0.25) is 0 Å². The van der Waals surface area contributed by atoms with E-state index in [9.17, 15) is 14.7 Å². The average Bonchev–Trinajstić information content (AvgIpc) is 3.36. The van der Waals surface area contributed by atoms with Gasteiger partial charge in [0.1, 0.15) is 17.6 Å². The first-order chi connectivity index (χ1) is 18.2. The van der Waals surface area contributed by atoms with Crippen LogP contribution in [0.5, 0.6) is 5.75 Å². The number of rotatable bonds is 10. The fourth-order valence-corrected chi connectivity index (χ4v) is 5.38. The molecule has 0 aliphatic carbocycles. The number of ether oxygens (including phenoxy) is 1. The summed E-state index contributed by atoms with van der Waals surface area (Å²) < 4.78 is 5.24. The second-order valence-corrected chi connectivity index (χ2v) is 10.2. The second-order valence-electron chi connectivity index (χ2n) is 9.29. The van der Waals surface area contributed by atoms with Crippen LogP contribution in [-0.2, 0) is 17.8 Å². The highest BCUT2D eigenvalue weighted by atomic mass is 32.1. The number of anilines is 1. The third-order valence-electron chi connectivity index (χ3n) is 6.28. The molecule has 0 spiro atoms. The number of thiophene rings is 1. The maximum atomic E-state index is 12.9. The molecule has 0 bridgehead atoms. The van der Waals surface area contributed by atoms with Crippen molar-refractivity contribution in [1.29, 1.82) is 0 Å². The van der Waals surface area contributed by atoms with E-state index < -0.39 is 12.0 Å². The number of carbonyl (C=O) groups is 2. The molecule has 1 atom stereocenters. The fourth-order valence-electron chi connectivity index (χ4n) is 4.46. The van der Waals surface area contributed by atoms with Gasteiger partial charge in [0.05, 0.1) is 7.11 Å². The largest absolute Gasteiger partial charge is 0.497 e. The Labute approximate surface area is 226 Å². The van der Waals surface area contributed by atoms with Crippen LogP contribution in [0.3, 0.4) is 0 Å². The van der Waals surface area contributed by atoms with Crippen LogP contribution in [0.25, 0.3) is 10.4 Å². The van der Waals surface area contributed by atoms with Crippen LogP contribution < -0.4 is 15.4 Å². The maximum absolute atomic E-state index is 12.9. The van der Waals surface area contributed by atoms with Gasteiger partial charge in [-0.05, 0) is 66.1 Å². The van der Waals surface area contributed by atoms with Gasteiger partial charge in [0.25, 0.3) is 5.91 Å². The smallest absolute Gasteiger partial charge is 0.326 e. The first-order valence-corrected chi connectivity index (χ1v) is 13.1. The zero-order valence-corrected chi connectivity index (χ0v) is 22.7. The van der Waals surface area contributed by atoms with Gasteiger partial charge in [-0.3, -0.25) is 4.79 Å². The number of pyridine rings is 1. The SMILES string of the molecule is COc1ccnc(NCc2csc(-c3ccc(CC(NC(=O)c4c(C)cc(C)cc4C)C(=O)O)cc3)c2)c1. The van der Waals surface area contributed by atoms with Crippen molar-refractivity contribution in [3.63, 3.8) is 0 Å². The molecule has 0 aliphatic heterocycles. The molecular formula is C30H31N3O4S. The fraction of sp³-hybridized carbons (Fsp3) is 0.233. The van der Waals surface area contributed by atoms with Crippen molar-refractivity contribution in [3.05, 3.63) is 99.6 Å². The molecule has 2 heterocycles. The second kappa shape index (κ2) is 11.9. The van der Waals surface area contributed by atoms with E-state index >= 15 is 0 Å². The number of aliphatic carboxylic acids is 1. The van der Waals surface area contributed by atoms with Gasteiger partial charge < -0.3 is 20.5 Å². The number of benzene rings is 2. The molecule has 1 amide bonds. The third-order valence-corrected chi connectivity index (χ3v) is 7.31. The lowest BCUT2D eigenvalue weighted by molar-refractivity contribution is -0.139. The number of carboxylic acids is 1. The first kappa shape index (κ1) is 26.9. The number of carboxylic acid groups (broad SMARTS) is 1. The van der Waals surface area contributed by atoms with Crippen LogP contribution in [0.4, 0.5) is 5.82 Å². The van der Waals surface area contributed by atoms with E-state index in [1.54, 1.807) is 30.7 Å². The molecule has 2 aromatic heterocycles. The monoisotopic (exact) mass is 529 g/mol. The van der Waals surface area contributed by atoms with Gasteiger partial charge in [-0.2, -0.15) is 0 Å². The number of aryl methyl sites for hydroxylation is 3. The van der Waals surface area contributed by atoms with Gasteiger partial charge in [-0.15, -0.1) is 11.3 Å². The van der Waals surface area contributed by atoms with Crippen molar-refractivity contribution in [2.45, 2.75) is 39.8 Å². The quantitative estimate of drug-likeness (QED) is 0.241. The number of hydrogen-bond acceptors (Lipinski definition) is 6. The molecule has 2 aromatic carbocycles. The lowest BCUT2D eigenvalue weighted by Gasteiger charge is -2.17. The molecule has 38 heavy (non-hydrogen) atoms. The van der Waals surface area contributed by atoms with Gasteiger partial charge in [-0.25, -0.2) is 9.78 Å².